The van der Waals surface area contributed by atoms with E-state index in [1.807, 2.05) is 18.5 Å². The Bertz CT molecular complexity index is 1100. The molecule has 0 spiro atoms. The molecule has 4 aromatic rings. The van der Waals surface area contributed by atoms with Gasteiger partial charge in [0.25, 0.3) is 5.91 Å². The number of nitrogens with zero attached hydrogens (tertiary/aromatic N) is 7. The van der Waals surface area contributed by atoms with E-state index < -0.39 is 0 Å². The quantitative estimate of drug-likeness (QED) is 0.561. The molecule has 27 heavy (non-hydrogen) atoms. The van der Waals surface area contributed by atoms with E-state index in [1.54, 1.807) is 27.5 Å². The van der Waals surface area contributed by atoms with Gasteiger partial charge in [0.1, 0.15) is 11.9 Å². The van der Waals surface area contributed by atoms with Gasteiger partial charge in [0.05, 0.1) is 11.9 Å². The van der Waals surface area contributed by atoms with Gasteiger partial charge in [-0.3, -0.25) is 14.1 Å². The highest BCUT2D eigenvalue weighted by Crippen LogP contribution is 2.17. The van der Waals surface area contributed by atoms with Gasteiger partial charge in [-0.25, -0.2) is 9.50 Å². The van der Waals surface area contributed by atoms with Crippen LogP contribution in [-0.4, -0.2) is 53.1 Å². The van der Waals surface area contributed by atoms with Gasteiger partial charge >= 0.3 is 0 Å². The van der Waals surface area contributed by atoms with Crippen molar-refractivity contribution in [3.63, 3.8) is 0 Å². The summed E-state index contributed by atoms with van der Waals surface area (Å²) < 4.78 is 3.38. The van der Waals surface area contributed by atoms with Gasteiger partial charge in [-0.2, -0.15) is 5.10 Å². The molecule has 1 amide bonds. The van der Waals surface area contributed by atoms with E-state index in [9.17, 15) is 4.79 Å². The van der Waals surface area contributed by atoms with Crippen LogP contribution in [0.3, 0.4) is 0 Å². The average Bonchev–Trinajstić information content (AvgIpc) is 3.33. The molecule has 0 radical (unpaired) electrons. The van der Waals surface area contributed by atoms with Crippen LogP contribution in [0.4, 0.5) is 5.69 Å². The molecule has 0 saturated carbocycles. The van der Waals surface area contributed by atoms with E-state index >= 15 is 0 Å². The predicted octanol–water partition coefficient (Wildman–Crippen LogP) is 1.87. The van der Waals surface area contributed by atoms with E-state index in [0.29, 0.717) is 22.5 Å². The van der Waals surface area contributed by atoms with E-state index in [0.717, 1.165) is 25.2 Å². The first kappa shape index (κ1) is 17.1. The van der Waals surface area contributed by atoms with Gasteiger partial charge in [0.2, 0.25) is 0 Å². The molecule has 0 bridgehead atoms. The fraction of sp³-hybridized carbons (Fsp3) is 0.278. The minimum Gasteiger partial charge on any atom is -0.319 e. The molecule has 0 saturated heterocycles. The third-order valence-electron chi connectivity index (χ3n) is 4.53. The predicted molar refractivity (Wildman–Crippen MR) is 101 cm³/mol. The van der Waals surface area contributed by atoms with Crippen molar-refractivity contribution in [3.05, 3.63) is 54.4 Å². The number of anilines is 1. The van der Waals surface area contributed by atoms with Gasteiger partial charge in [-0.15, -0.1) is 10.2 Å². The number of aromatic nitrogens is 6. The smallest absolute Gasteiger partial charge is 0.261 e. The maximum atomic E-state index is 12.7. The molecule has 0 aromatic carbocycles. The number of nitrogens with one attached hydrogen (secondary N) is 1. The Kier molecular flexibility index (Phi) is 4.51. The Balaban J connectivity index is 1.60. The number of rotatable bonds is 6. The van der Waals surface area contributed by atoms with Crippen LogP contribution in [0.5, 0.6) is 0 Å². The molecule has 9 nitrogen and oxygen atoms in total. The summed E-state index contributed by atoms with van der Waals surface area (Å²) in [7, 11) is 0. The van der Waals surface area contributed by atoms with Crippen LogP contribution in [0.1, 0.15) is 29.8 Å². The molecule has 0 aliphatic heterocycles. The Morgan fingerprint density at radius 1 is 1.22 bits per heavy atom. The third kappa shape index (κ3) is 3.24. The molecule has 4 rings (SSSR count). The number of carbonyl (C=O) groups is 1. The third-order valence-corrected chi connectivity index (χ3v) is 4.53. The highest BCUT2D eigenvalue weighted by atomic mass is 16.1. The Hall–Kier alpha value is -3.33. The van der Waals surface area contributed by atoms with Crippen molar-refractivity contribution >= 4 is 22.9 Å². The van der Waals surface area contributed by atoms with Gasteiger partial charge in [-0.1, -0.05) is 13.8 Å². The average molecular weight is 364 g/mol. The van der Waals surface area contributed by atoms with Crippen LogP contribution in [-0.2, 0) is 6.54 Å². The standard InChI is InChI=1S/C18H20N8O/c1-3-24(4-2)10-13-8-19-16-14(9-21-26(16)11-13)18(27)22-15-6-5-7-25-12-20-23-17(15)25/h5-9,11-12H,3-4,10H2,1-2H3,(H,22,27). The van der Waals surface area contributed by atoms with E-state index in [1.165, 1.54) is 6.20 Å². The van der Waals surface area contributed by atoms with Crippen LogP contribution in [0.2, 0.25) is 0 Å². The fourth-order valence-corrected chi connectivity index (χ4v) is 3.00. The number of amides is 1. The lowest BCUT2D eigenvalue weighted by molar-refractivity contribution is 0.102. The minimum absolute atomic E-state index is 0.287. The normalized spacial score (nSPS) is 11.5. The highest BCUT2D eigenvalue weighted by Gasteiger charge is 2.16. The summed E-state index contributed by atoms with van der Waals surface area (Å²) in [4.78, 5) is 19.5. The monoisotopic (exact) mass is 364 g/mol. The highest BCUT2D eigenvalue weighted by molar-refractivity contribution is 6.09. The molecule has 138 valence electrons. The molecule has 1 N–H and O–H groups in total. The van der Waals surface area contributed by atoms with E-state index in [2.05, 4.69) is 44.3 Å². The Labute approximate surface area is 155 Å². The Morgan fingerprint density at radius 2 is 2.07 bits per heavy atom. The van der Waals surface area contributed by atoms with Gasteiger partial charge in [0, 0.05) is 30.7 Å². The van der Waals surface area contributed by atoms with Gasteiger partial charge in [0.15, 0.2) is 11.3 Å². The van der Waals surface area contributed by atoms with Crippen molar-refractivity contribution in [1.82, 2.24) is 34.1 Å². The van der Waals surface area contributed by atoms with Crippen LogP contribution in [0, 0.1) is 0 Å². The van der Waals surface area contributed by atoms with Crippen molar-refractivity contribution < 1.29 is 4.79 Å². The number of fused-ring (bicyclic) bond motifs is 2. The number of carbonyl (C=O) groups excluding carboxylic acids is 1. The molecule has 0 atom stereocenters. The zero-order valence-corrected chi connectivity index (χ0v) is 15.2. The molecular weight excluding hydrogens is 344 g/mol. The van der Waals surface area contributed by atoms with Crippen LogP contribution < -0.4 is 5.32 Å². The van der Waals surface area contributed by atoms with E-state index in [-0.39, 0.29) is 5.91 Å². The lowest BCUT2D eigenvalue weighted by Gasteiger charge is -2.17. The number of hydrogen-bond acceptors (Lipinski definition) is 6. The van der Waals surface area contributed by atoms with E-state index in [4.69, 9.17) is 0 Å². The molecule has 0 fully saturated rings. The maximum absolute atomic E-state index is 12.7. The van der Waals surface area contributed by atoms with Crippen LogP contribution in [0.15, 0.2) is 43.2 Å². The zero-order valence-electron chi connectivity index (χ0n) is 15.2. The maximum Gasteiger partial charge on any atom is 0.261 e. The molecule has 4 heterocycles. The van der Waals surface area contributed by atoms with Gasteiger partial charge < -0.3 is 5.32 Å². The van der Waals surface area contributed by atoms with Crippen molar-refractivity contribution in [2.24, 2.45) is 0 Å². The first-order valence-electron chi connectivity index (χ1n) is 8.84. The topological polar surface area (TPSA) is 92.7 Å². The number of pyridine rings is 1. The molecule has 0 aliphatic rings. The van der Waals surface area contributed by atoms with Crippen LogP contribution >= 0.6 is 0 Å². The summed E-state index contributed by atoms with van der Waals surface area (Å²) in [6, 6.07) is 3.60. The second-order valence-electron chi connectivity index (χ2n) is 6.19. The molecule has 0 aliphatic carbocycles. The summed E-state index contributed by atoms with van der Waals surface area (Å²) >= 11 is 0. The van der Waals surface area contributed by atoms with Crippen molar-refractivity contribution in [1.29, 1.82) is 0 Å². The summed E-state index contributed by atoms with van der Waals surface area (Å²) in [5.74, 6) is -0.287. The molecule has 4 aromatic heterocycles. The van der Waals surface area contributed by atoms with Gasteiger partial charge in [-0.05, 0) is 25.2 Å². The second kappa shape index (κ2) is 7.12. The summed E-state index contributed by atoms with van der Waals surface area (Å²) in [6.45, 7) is 6.99. The summed E-state index contributed by atoms with van der Waals surface area (Å²) in [6.07, 6.45) is 8.64. The zero-order chi connectivity index (χ0) is 18.8. The lowest BCUT2D eigenvalue weighted by atomic mass is 10.2. The molecule has 9 heteroatoms. The first-order chi connectivity index (χ1) is 13.2. The molecular formula is C18H20N8O. The number of hydrogen-bond donors (Lipinski definition) is 1. The van der Waals surface area contributed by atoms with Crippen LogP contribution in [0.25, 0.3) is 11.3 Å². The Morgan fingerprint density at radius 3 is 2.89 bits per heavy atom. The summed E-state index contributed by atoms with van der Waals surface area (Å²) in [5, 5.41) is 15.0. The first-order valence-corrected chi connectivity index (χ1v) is 8.84. The van der Waals surface area contributed by atoms with Crippen molar-refractivity contribution in [2.45, 2.75) is 20.4 Å². The minimum atomic E-state index is -0.287. The lowest BCUT2D eigenvalue weighted by Crippen LogP contribution is -2.22. The largest absolute Gasteiger partial charge is 0.319 e. The SMILES string of the molecule is CCN(CC)Cc1cnc2c(C(=O)Nc3cccn4cnnc34)cnn2c1. The van der Waals surface area contributed by atoms with Crippen molar-refractivity contribution in [3.8, 4) is 0 Å². The molecule has 0 unspecified atom stereocenters. The second-order valence-corrected chi connectivity index (χ2v) is 6.19. The van der Waals surface area contributed by atoms with Crippen molar-refractivity contribution in [2.75, 3.05) is 18.4 Å². The fourth-order valence-electron chi connectivity index (χ4n) is 3.00. The summed E-state index contributed by atoms with van der Waals surface area (Å²) in [5.41, 5.74) is 3.14.